The Bertz CT molecular complexity index is 1230. The molecule has 0 N–H and O–H groups in total. The minimum atomic E-state index is 0.293. The fourth-order valence-electron chi connectivity index (χ4n) is 3.32. The van der Waals surface area contributed by atoms with Gasteiger partial charge in [-0.2, -0.15) is 0 Å². The van der Waals surface area contributed by atoms with Crippen molar-refractivity contribution in [3.63, 3.8) is 0 Å². The Morgan fingerprint density at radius 1 is 0.767 bits per heavy atom. The van der Waals surface area contributed by atoms with Crippen molar-refractivity contribution in [2.75, 3.05) is 0 Å². The SMILES string of the molecule is Cc1ccc(C#C/C=C(\[Se]Cc2cccc3ccccc23)c2ccc(C)cc2)cc1. The van der Waals surface area contributed by atoms with Crippen LogP contribution in [0.3, 0.4) is 0 Å². The fourth-order valence-corrected chi connectivity index (χ4v) is 5.44. The van der Waals surface area contributed by atoms with Gasteiger partial charge in [0.2, 0.25) is 0 Å². The van der Waals surface area contributed by atoms with Crippen LogP contribution in [-0.4, -0.2) is 15.0 Å². The molecule has 4 aromatic carbocycles. The summed E-state index contributed by atoms with van der Waals surface area (Å²) in [5.74, 6) is 6.61. The second-order valence-corrected chi connectivity index (χ2v) is 9.57. The van der Waals surface area contributed by atoms with Crippen molar-refractivity contribution in [3.05, 3.63) is 125 Å². The summed E-state index contributed by atoms with van der Waals surface area (Å²) in [5.41, 5.74) is 6.29. The Morgan fingerprint density at radius 2 is 1.43 bits per heavy atom. The first-order valence-corrected chi connectivity index (χ1v) is 12.2. The van der Waals surface area contributed by atoms with Crippen molar-refractivity contribution in [3.8, 4) is 11.8 Å². The topological polar surface area (TPSA) is 0 Å². The first-order chi connectivity index (χ1) is 14.7. The molecule has 0 aliphatic carbocycles. The van der Waals surface area contributed by atoms with Crippen LogP contribution in [0, 0.1) is 25.7 Å². The second-order valence-electron chi connectivity index (χ2n) is 7.44. The molecule has 0 radical (unpaired) electrons. The molecule has 0 fully saturated rings. The summed E-state index contributed by atoms with van der Waals surface area (Å²) in [7, 11) is 0. The van der Waals surface area contributed by atoms with E-state index in [1.165, 1.54) is 37.5 Å². The first kappa shape index (κ1) is 20.2. The van der Waals surface area contributed by atoms with Gasteiger partial charge in [0.15, 0.2) is 0 Å². The first-order valence-electron chi connectivity index (χ1n) is 10.1. The predicted octanol–water partition coefficient (Wildman–Crippen LogP) is 6.75. The molecule has 0 unspecified atom stereocenters. The quantitative estimate of drug-likeness (QED) is 0.238. The van der Waals surface area contributed by atoms with Crippen molar-refractivity contribution in [1.82, 2.24) is 0 Å². The summed E-state index contributed by atoms with van der Waals surface area (Å²) in [6, 6.07) is 32.5. The third-order valence-electron chi connectivity index (χ3n) is 5.07. The molecule has 0 amide bonds. The standard InChI is InChI=1S/C29H24Se/c1-22-13-17-24(18-14-22)7-5-12-29(26-19-15-23(2)16-20-26)30-21-27-10-6-9-25-8-3-4-11-28(25)27/h3-4,6,8-20H,21H2,1-2H3/b29-12-. The number of hydrogen-bond donors (Lipinski definition) is 0. The van der Waals surface area contributed by atoms with Gasteiger partial charge >= 0.3 is 186 Å². The molecule has 0 aromatic heterocycles. The van der Waals surface area contributed by atoms with Gasteiger partial charge in [-0.25, -0.2) is 0 Å². The van der Waals surface area contributed by atoms with E-state index in [0.717, 1.165) is 10.9 Å². The van der Waals surface area contributed by atoms with Gasteiger partial charge in [0.1, 0.15) is 0 Å². The molecule has 0 aliphatic rings. The van der Waals surface area contributed by atoms with E-state index < -0.39 is 0 Å². The maximum atomic E-state index is 3.31. The zero-order valence-electron chi connectivity index (χ0n) is 17.4. The van der Waals surface area contributed by atoms with Crippen molar-refractivity contribution < 1.29 is 0 Å². The Labute approximate surface area is 185 Å². The third kappa shape index (κ3) is 5.11. The van der Waals surface area contributed by atoms with Crippen LogP contribution in [0.25, 0.3) is 15.2 Å². The van der Waals surface area contributed by atoms with E-state index in [2.05, 4.69) is 123 Å². The summed E-state index contributed by atoms with van der Waals surface area (Å²) in [5, 5.41) is 3.72. The number of aryl methyl sites for hydroxylation is 2. The number of rotatable bonds is 4. The van der Waals surface area contributed by atoms with Crippen molar-refractivity contribution >= 4 is 30.2 Å². The average Bonchev–Trinajstić information content (AvgIpc) is 2.78. The van der Waals surface area contributed by atoms with Crippen molar-refractivity contribution in [2.45, 2.75) is 19.2 Å². The normalized spacial score (nSPS) is 11.2. The molecule has 1 heteroatoms. The molecule has 4 rings (SSSR count). The average molecular weight is 451 g/mol. The van der Waals surface area contributed by atoms with Crippen LogP contribution < -0.4 is 0 Å². The molecule has 0 atom stereocenters. The van der Waals surface area contributed by atoms with Crippen LogP contribution in [-0.2, 0) is 5.32 Å². The van der Waals surface area contributed by atoms with E-state index in [0.29, 0.717) is 15.0 Å². The molecule has 0 bridgehead atoms. The minimum absolute atomic E-state index is 0.293. The van der Waals surface area contributed by atoms with Gasteiger partial charge in [-0.05, 0) is 0 Å². The summed E-state index contributed by atoms with van der Waals surface area (Å²) < 4.78 is 1.34. The van der Waals surface area contributed by atoms with E-state index in [1.807, 2.05) is 0 Å². The molecule has 30 heavy (non-hydrogen) atoms. The predicted molar refractivity (Wildman–Crippen MR) is 131 cm³/mol. The van der Waals surface area contributed by atoms with Crippen molar-refractivity contribution in [1.29, 1.82) is 0 Å². The zero-order valence-corrected chi connectivity index (χ0v) is 19.1. The molecule has 0 nitrogen and oxygen atoms in total. The third-order valence-corrected chi connectivity index (χ3v) is 7.42. The number of allylic oxidation sites excluding steroid dienone is 1. The van der Waals surface area contributed by atoms with Gasteiger partial charge < -0.3 is 0 Å². The second kappa shape index (κ2) is 9.64. The number of fused-ring (bicyclic) bond motifs is 1. The van der Waals surface area contributed by atoms with Crippen LogP contribution in [0.4, 0.5) is 0 Å². The van der Waals surface area contributed by atoms with E-state index in [4.69, 9.17) is 0 Å². The molecule has 0 spiro atoms. The van der Waals surface area contributed by atoms with E-state index in [-0.39, 0.29) is 0 Å². The molecule has 0 aliphatic heterocycles. The van der Waals surface area contributed by atoms with Crippen LogP contribution >= 0.6 is 0 Å². The van der Waals surface area contributed by atoms with E-state index in [9.17, 15) is 0 Å². The summed E-state index contributed by atoms with van der Waals surface area (Å²) in [4.78, 5) is 0. The van der Waals surface area contributed by atoms with Gasteiger partial charge in [-0.3, -0.25) is 0 Å². The van der Waals surface area contributed by atoms with Crippen LogP contribution in [0.2, 0.25) is 0 Å². The Balaban J connectivity index is 1.62. The molecule has 146 valence electrons. The monoisotopic (exact) mass is 452 g/mol. The maximum absolute atomic E-state index is 3.31. The van der Waals surface area contributed by atoms with Crippen LogP contribution in [0.15, 0.2) is 97.1 Å². The van der Waals surface area contributed by atoms with Gasteiger partial charge in [-0.1, -0.05) is 0 Å². The van der Waals surface area contributed by atoms with Gasteiger partial charge in [-0.15, -0.1) is 0 Å². The fraction of sp³-hybridized carbons (Fsp3) is 0.103. The molecular weight excluding hydrogens is 427 g/mol. The van der Waals surface area contributed by atoms with Gasteiger partial charge in [0.25, 0.3) is 0 Å². The number of hydrogen-bond acceptors (Lipinski definition) is 0. The molecule has 0 saturated heterocycles. The summed E-state index contributed by atoms with van der Waals surface area (Å²) in [6.07, 6.45) is 2.12. The Morgan fingerprint density at radius 3 is 2.20 bits per heavy atom. The number of benzene rings is 4. The summed E-state index contributed by atoms with van der Waals surface area (Å²) in [6.45, 7) is 4.23. The zero-order chi connectivity index (χ0) is 20.8. The molecule has 4 aromatic rings. The Hall–Kier alpha value is -3.04. The van der Waals surface area contributed by atoms with E-state index >= 15 is 0 Å². The van der Waals surface area contributed by atoms with E-state index in [1.54, 1.807) is 0 Å². The van der Waals surface area contributed by atoms with Crippen molar-refractivity contribution in [2.24, 2.45) is 0 Å². The van der Waals surface area contributed by atoms with Gasteiger partial charge in [0.05, 0.1) is 0 Å². The molecular formula is C29H24Se. The summed E-state index contributed by atoms with van der Waals surface area (Å²) >= 11 is 0.293. The Kier molecular flexibility index (Phi) is 6.50. The van der Waals surface area contributed by atoms with Gasteiger partial charge in [0, 0.05) is 0 Å². The van der Waals surface area contributed by atoms with Crippen LogP contribution in [0.5, 0.6) is 0 Å². The molecule has 0 saturated carbocycles. The molecule has 0 heterocycles. The van der Waals surface area contributed by atoms with Crippen LogP contribution in [0.1, 0.15) is 27.8 Å².